The van der Waals surface area contributed by atoms with Crippen LogP contribution in [0.4, 0.5) is 11.4 Å². The van der Waals surface area contributed by atoms with Crippen molar-refractivity contribution in [2.24, 2.45) is 0 Å². The molecule has 2 aromatic rings. The largest absolute Gasteiger partial charge is 0.398 e. The van der Waals surface area contributed by atoms with Gasteiger partial charge in [-0.05, 0) is 67.6 Å². The van der Waals surface area contributed by atoms with Crippen LogP contribution in [0.5, 0.6) is 0 Å². The summed E-state index contributed by atoms with van der Waals surface area (Å²) in [5, 5.41) is 0. The summed E-state index contributed by atoms with van der Waals surface area (Å²) in [6.45, 7) is 1.76. The number of amides is 1. The van der Waals surface area contributed by atoms with Crippen LogP contribution in [0.2, 0.25) is 0 Å². The predicted octanol–water partition coefficient (Wildman–Crippen LogP) is 3.07. The van der Waals surface area contributed by atoms with E-state index in [2.05, 4.69) is 0 Å². The number of fused-ring (bicyclic) bond motifs is 1. The van der Waals surface area contributed by atoms with E-state index in [1.165, 1.54) is 16.4 Å². The molecule has 0 aromatic heterocycles. The van der Waals surface area contributed by atoms with Crippen LogP contribution in [-0.4, -0.2) is 38.3 Å². The molecule has 6 nitrogen and oxygen atoms in total. The van der Waals surface area contributed by atoms with E-state index in [-0.39, 0.29) is 23.2 Å². The standard InChI is InChI=1S/C20H23N3O3S.ClH/c21-18-6-3-7-19-17(18)5-4-14-23(19)20(24)15-8-10-16(11-9-15)27(25,26)22-12-1-2-13-22;/h3,6-11H,1-2,4-5,12-14,21H2;1H. The lowest BCUT2D eigenvalue weighted by Crippen LogP contribution is -2.35. The van der Waals surface area contributed by atoms with Crippen molar-refractivity contribution in [3.63, 3.8) is 0 Å². The highest BCUT2D eigenvalue weighted by molar-refractivity contribution is 7.89. The van der Waals surface area contributed by atoms with Gasteiger partial charge in [-0.15, -0.1) is 12.4 Å². The molecule has 2 aliphatic rings. The van der Waals surface area contributed by atoms with Gasteiger partial charge in [0, 0.05) is 36.6 Å². The molecule has 0 bridgehead atoms. The SMILES string of the molecule is Cl.Nc1cccc2c1CCCN2C(=O)c1ccc(S(=O)(=O)N2CCCC2)cc1. The Kier molecular flexibility index (Phi) is 5.98. The third-order valence-corrected chi connectivity index (χ3v) is 7.25. The van der Waals surface area contributed by atoms with Crippen LogP contribution in [0.1, 0.15) is 35.2 Å². The molecule has 28 heavy (non-hydrogen) atoms. The quantitative estimate of drug-likeness (QED) is 0.772. The second-order valence-corrected chi connectivity index (χ2v) is 8.98. The van der Waals surface area contributed by atoms with Gasteiger partial charge in [0.25, 0.3) is 5.91 Å². The number of carbonyl (C=O) groups excluding carboxylic acids is 1. The van der Waals surface area contributed by atoms with E-state index in [4.69, 9.17) is 5.73 Å². The highest BCUT2D eigenvalue weighted by atomic mass is 35.5. The van der Waals surface area contributed by atoms with Crippen molar-refractivity contribution >= 4 is 39.7 Å². The van der Waals surface area contributed by atoms with E-state index in [1.54, 1.807) is 17.0 Å². The fourth-order valence-corrected chi connectivity index (χ4v) is 5.38. The lowest BCUT2D eigenvalue weighted by molar-refractivity contribution is 0.0985. The van der Waals surface area contributed by atoms with E-state index in [9.17, 15) is 13.2 Å². The van der Waals surface area contributed by atoms with E-state index in [0.29, 0.717) is 30.9 Å². The smallest absolute Gasteiger partial charge is 0.258 e. The molecule has 2 aromatic carbocycles. The van der Waals surface area contributed by atoms with Gasteiger partial charge in [0.2, 0.25) is 10.0 Å². The van der Waals surface area contributed by atoms with Gasteiger partial charge in [0.1, 0.15) is 0 Å². The summed E-state index contributed by atoms with van der Waals surface area (Å²) in [5.41, 5.74) is 9.10. The number of nitrogens with two attached hydrogens (primary N) is 1. The van der Waals surface area contributed by atoms with Crippen molar-refractivity contribution in [3.8, 4) is 0 Å². The number of benzene rings is 2. The first kappa shape index (κ1) is 20.6. The zero-order valence-electron chi connectivity index (χ0n) is 15.5. The Bertz CT molecular complexity index is 971. The van der Waals surface area contributed by atoms with E-state index >= 15 is 0 Å². The molecule has 0 unspecified atom stereocenters. The van der Waals surface area contributed by atoms with Crippen molar-refractivity contribution in [2.45, 2.75) is 30.6 Å². The number of carbonyl (C=O) groups is 1. The molecule has 4 rings (SSSR count). The van der Waals surface area contributed by atoms with E-state index in [1.807, 2.05) is 18.2 Å². The van der Waals surface area contributed by atoms with Crippen LogP contribution in [0.15, 0.2) is 47.4 Å². The van der Waals surface area contributed by atoms with Crippen LogP contribution in [0.25, 0.3) is 0 Å². The fraction of sp³-hybridized carbons (Fsp3) is 0.350. The Morgan fingerprint density at radius 3 is 2.29 bits per heavy atom. The zero-order chi connectivity index (χ0) is 19.0. The summed E-state index contributed by atoms with van der Waals surface area (Å²) in [6.07, 6.45) is 3.51. The molecular weight excluding hydrogens is 398 g/mol. The maximum atomic E-state index is 13.0. The second-order valence-electron chi connectivity index (χ2n) is 7.04. The number of rotatable bonds is 3. The molecule has 2 N–H and O–H groups in total. The zero-order valence-corrected chi connectivity index (χ0v) is 17.1. The minimum absolute atomic E-state index is 0. The summed E-state index contributed by atoms with van der Waals surface area (Å²) in [6, 6.07) is 11.9. The Morgan fingerprint density at radius 1 is 0.929 bits per heavy atom. The number of halogens is 1. The lowest BCUT2D eigenvalue weighted by atomic mass is 9.99. The first-order chi connectivity index (χ1) is 13.0. The second kappa shape index (κ2) is 8.11. The van der Waals surface area contributed by atoms with Crippen LogP contribution >= 0.6 is 12.4 Å². The van der Waals surface area contributed by atoms with Crippen molar-refractivity contribution in [3.05, 3.63) is 53.6 Å². The third-order valence-electron chi connectivity index (χ3n) is 5.34. The van der Waals surface area contributed by atoms with E-state index < -0.39 is 10.0 Å². The Balaban J connectivity index is 0.00000225. The normalized spacial score (nSPS) is 17.1. The van der Waals surface area contributed by atoms with Gasteiger partial charge in [-0.3, -0.25) is 4.79 Å². The van der Waals surface area contributed by atoms with Gasteiger partial charge in [-0.25, -0.2) is 8.42 Å². The van der Waals surface area contributed by atoms with Gasteiger partial charge < -0.3 is 10.6 Å². The fourth-order valence-electron chi connectivity index (χ4n) is 3.87. The molecule has 150 valence electrons. The summed E-state index contributed by atoms with van der Waals surface area (Å²) in [5.74, 6) is -0.133. The van der Waals surface area contributed by atoms with Crippen molar-refractivity contribution in [1.82, 2.24) is 4.31 Å². The molecule has 1 amide bonds. The number of nitrogens with zero attached hydrogens (tertiary/aromatic N) is 2. The summed E-state index contributed by atoms with van der Waals surface area (Å²) < 4.78 is 26.8. The molecule has 2 heterocycles. The van der Waals surface area contributed by atoms with Gasteiger partial charge in [0.15, 0.2) is 0 Å². The van der Waals surface area contributed by atoms with Crippen LogP contribution < -0.4 is 10.6 Å². The average Bonchev–Trinajstić information content (AvgIpc) is 3.23. The first-order valence-corrected chi connectivity index (χ1v) is 10.7. The molecular formula is C20H24ClN3O3S. The number of hydrogen-bond donors (Lipinski definition) is 1. The maximum absolute atomic E-state index is 13.0. The molecule has 0 saturated carbocycles. The van der Waals surface area contributed by atoms with Gasteiger partial charge in [-0.1, -0.05) is 6.07 Å². The van der Waals surface area contributed by atoms with Gasteiger partial charge in [0.05, 0.1) is 4.90 Å². The van der Waals surface area contributed by atoms with Gasteiger partial charge in [-0.2, -0.15) is 4.31 Å². The molecule has 0 aliphatic carbocycles. The van der Waals surface area contributed by atoms with Crippen molar-refractivity contribution < 1.29 is 13.2 Å². The topological polar surface area (TPSA) is 83.7 Å². The molecule has 0 radical (unpaired) electrons. The maximum Gasteiger partial charge on any atom is 0.258 e. The van der Waals surface area contributed by atoms with Gasteiger partial charge >= 0.3 is 0 Å². The van der Waals surface area contributed by atoms with Crippen molar-refractivity contribution in [1.29, 1.82) is 0 Å². The molecule has 1 fully saturated rings. The Labute approximate surface area is 171 Å². The summed E-state index contributed by atoms with van der Waals surface area (Å²) in [4.78, 5) is 15.0. The molecule has 0 spiro atoms. The highest BCUT2D eigenvalue weighted by Crippen LogP contribution is 2.32. The average molecular weight is 422 g/mol. The number of sulfonamides is 1. The molecule has 0 atom stereocenters. The highest BCUT2D eigenvalue weighted by Gasteiger charge is 2.28. The van der Waals surface area contributed by atoms with Crippen LogP contribution in [0, 0.1) is 0 Å². The van der Waals surface area contributed by atoms with Crippen molar-refractivity contribution in [2.75, 3.05) is 30.3 Å². The monoisotopic (exact) mass is 421 g/mol. The third kappa shape index (κ3) is 3.62. The predicted molar refractivity (Wildman–Crippen MR) is 113 cm³/mol. The van der Waals surface area contributed by atoms with Crippen LogP contribution in [0.3, 0.4) is 0 Å². The molecule has 1 saturated heterocycles. The minimum Gasteiger partial charge on any atom is -0.398 e. The van der Waals surface area contributed by atoms with E-state index in [0.717, 1.165) is 36.9 Å². The molecule has 2 aliphatic heterocycles. The number of nitrogen functional groups attached to an aromatic ring is 1. The first-order valence-electron chi connectivity index (χ1n) is 9.28. The summed E-state index contributed by atoms with van der Waals surface area (Å²) in [7, 11) is -3.47. The Hall–Kier alpha value is -2.09. The minimum atomic E-state index is -3.47. The number of anilines is 2. The lowest BCUT2D eigenvalue weighted by Gasteiger charge is -2.30. The molecule has 8 heteroatoms. The Morgan fingerprint density at radius 2 is 1.61 bits per heavy atom. The number of hydrogen-bond acceptors (Lipinski definition) is 4. The van der Waals surface area contributed by atoms with Crippen LogP contribution in [-0.2, 0) is 16.4 Å². The summed E-state index contributed by atoms with van der Waals surface area (Å²) >= 11 is 0.